The average Bonchev–Trinajstić information content (AvgIpc) is 2.89. The molecule has 0 aliphatic heterocycles. The van der Waals surface area contributed by atoms with Gasteiger partial charge in [0.05, 0.1) is 17.6 Å². The zero-order valence-electron chi connectivity index (χ0n) is 19.4. The van der Waals surface area contributed by atoms with Gasteiger partial charge in [-0.15, -0.1) is 0 Å². The van der Waals surface area contributed by atoms with E-state index in [1.54, 1.807) is 12.1 Å². The number of fused-ring (bicyclic) bond motifs is 1. The molecule has 4 rings (SSSR count). The molecule has 0 unspecified atom stereocenters. The van der Waals surface area contributed by atoms with Crippen molar-refractivity contribution in [2.45, 2.75) is 31.8 Å². The summed E-state index contributed by atoms with van der Waals surface area (Å²) in [7, 11) is 0. The van der Waals surface area contributed by atoms with Crippen molar-refractivity contribution in [2.24, 2.45) is 5.92 Å². The van der Waals surface area contributed by atoms with Gasteiger partial charge in [0.1, 0.15) is 0 Å². The van der Waals surface area contributed by atoms with Crippen LogP contribution in [0.4, 0.5) is 8.78 Å². The van der Waals surface area contributed by atoms with Gasteiger partial charge < -0.3 is 20.5 Å². The maximum absolute atomic E-state index is 14.6. The molecule has 3 aromatic rings. The first-order valence-electron chi connectivity index (χ1n) is 11.8. The summed E-state index contributed by atoms with van der Waals surface area (Å²) in [6.45, 7) is 0.117. The van der Waals surface area contributed by atoms with E-state index in [0.29, 0.717) is 31.2 Å². The summed E-state index contributed by atoms with van der Waals surface area (Å²) < 4.78 is 34.6. The van der Waals surface area contributed by atoms with E-state index in [1.165, 1.54) is 6.07 Å². The Balaban J connectivity index is 1.27. The number of benzene rings is 3. The number of carboxylic acids is 1. The van der Waals surface area contributed by atoms with Gasteiger partial charge in [-0.2, -0.15) is 4.39 Å². The highest BCUT2D eigenvalue weighted by Crippen LogP contribution is 2.30. The molecule has 0 spiro atoms. The van der Waals surface area contributed by atoms with Gasteiger partial charge in [0.15, 0.2) is 11.6 Å². The molecule has 0 radical (unpaired) electrons. The molecule has 0 aromatic heterocycles. The smallest absolute Gasteiger partial charge is 0.306 e. The van der Waals surface area contributed by atoms with Crippen molar-refractivity contribution in [3.63, 3.8) is 0 Å². The molecule has 9 heteroatoms. The van der Waals surface area contributed by atoms with Crippen LogP contribution in [0.1, 0.15) is 46.4 Å². The molecular formula is C27H26F2N2O5. The van der Waals surface area contributed by atoms with E-state index in [2.05, 4.69) is 10.6 Å². The minimum atomic E-state index is -1.33. The van der Waals surface area contributed by atoms with Crippen molar-refractivity contribution in [1.29, 1.82) is 0 Å². The van der Waals surface area contributed by atoms with Gasteiger partial charge in [-0.25, -0.2) is 4.39 Å². The number of carbonyl (C=O) groups excluding carboxylic acids is 2. The van der Waals surface area contributed by atoms with Crippen LogP contribution in [0, 0.1) is 17.6 Å². The molecule has 36 heavy (non-hydrogen) atoms. The number of hydrogen-bond acceptors (Lipinski definition) is 4. The lowest BCUT2D eigenvalue weighted by molar-refractivity contribution is -0.143. The molecule has 7 nitrogen and oxygen atoms in total. The second-order valence-electron chi connectivity index (χ2n) is 8.74. The van der Waals surface area contributed by atoms with E-state index in [-0.39, 0.29) is 24.7 Å². The zero-order chi connectivity index (χ0) is 25.7. The molecule has 0 heterocycles. The van der Waals surface area contributed by atoms with Crippen molar-refractivity contribution in [1.82, 2.24) is 10.6 Å². The van der Waals surface area contributed by atoms with Crippen molar-refractivity contribution >= 4 is 28.6 Å². The molecule has 0 saturated heterocycles. The van der Waals surface area contributed by atoms with Gasteiger partial charge >= 0.3 is 5.97 Å². The highest BCUT2D eigenvalue weighted by molar-refractivity contribution is 5.98. The Bertz CT molecular complexity index is 1290. The second kappa shape index (κ2) is 11.2. The fraction of sp³-hybridized carbons (Fsp3) is 0.296. The number of rotatable bonds is 8. The van der Waals surface area contributed by atoms with E-state index in [0.717, 1.165) is 16.8 Å². The lowest BCUT2D eigenvalue weighted by Crippen LogP contribution is -2.35. The Morgan fingerprint density at radius 1 is 0.833 bits per heavy atom. The fourth-order valence-corrected chi connectivity index (χ4v) is 4.29. The number of ether oxygens (including phenoxy) is 1. The molecule has 1 saturated carbocycles. The van der Waals surface area contributed by atoms with Gasteiger partial charge in [-0.05, 0) is 60.7 Å². The molecule has 188 valence electrons. The van der Waals surface area contributed by atoms with Crippen LogP contribution in [0.2, 0.25) is 0 Å². The molecule has 1 fully saturated rings. The highest BCUT2D eigenvalue weighted by Gasteiger charge is 2.28. The SMILES string of the molecule is O=C(NCCNC(=O)c1ccc(O[C@H]2CC[C@@H](C(=O)O)CC2)c(F)c1F)c1ccc2ccccc2c1. The minimum absolute atomic E-state index is 0.0181. The third kappa shape index (κ3) is 5.79. The van der Waals surface area contributed by atoms with Gasteiger partial charge in [-0.1, -0.05) is 30.3 Å². The average molecular weight is 497 g/mol. The normalized spacial score (nSPS) is 17.4. The number of halogens is 2. The minimum Gasteiger partial charge on any atom is -0.487 e. The summed E-state index contributed by atoms with van der Waals surface area (Å²) in [5.74, 6) is -5.36. The van der Waals surface area contributed by atoms with Crippen molar-refractivity contribution < 1.29 is 33.0 Å². The Morgan fingerprint density at radius 2 is 1.50 bits per heavy atom. The van der Waals surface area contributed by atoms with Gasteiger partial charge in [0.25, 0.3) is 11.8 Å². The molecule has 2 amide bonds. The van der Waals surface area contributed by atoms with Gasteiger partial charge in [-0.3, -0.25) is 14.4 Å². The monoisotopic (exact) mass is 496 g/mol. The lowest BCUT2D eigenvalue weighted by Gasteiger charge is -2.27. The summed E-state index contributed by atoms with van der Waals surface area (Å²) in [4.78, 5) is 35.8. The largest absolute Gasteiger partial charge is 0.487 e. The molecule has 1 aliphatic carbocycles. The van der Waals surface area contributed by atoms with Crippen molar-refractivity contribution in [2.75, 3.05) is 13.1 Å². The predicted octanol–water partition coefficient (Wildman–Crippen LogP) is 4.30. The number of nitrogens with one attached hydrogen (secondary N) is 2. The fourth-order valence-electron chi connectivity index (χ4n) is 4.29. The Kier molecular flexibility index (Phi) is 7.77. The first-order chi connectivity index (χ1) is 17.3. The third-order valence-corrected chi connectivity index (χ3v) is 6.32. The molecule has 3 N–H and O–H groups in total. The first kappa shape index (κ1) is 25.1. The van der Waals surface area contributed by atoms with E-state index >= 15 is 0 Å². The van der Waals surface area contributed by atoms with Crippen molar-refractivity contribution in [3.8, 4) is 5.75 Å². The van der Waals surface area contributed by atoms with Crippen LogP contribution in [0.15, 0.2) is 54.6 Å². The molecular weight excluding hydrogens is 470 g/mol. The molecule has 0 bridgehead atoms. The second-order valence-corrected chi connectivity index (χ2v) is 8.74. The summed E-state index contributed by atoms with van der Waals surface area (Å²) in [6.07, 6.45) is 1.24. The summed E-state index contributed by atoms with van der Waals surface area (Å²) in [5.41, 5.74) is -0.00420. The summed E-state index contributed by atoms with van der Waals surface area (Å²) >= 11 is 0. The number of aliphatic carboxylic acids is 1. The van der Waals surface area contributed by atoms with E-state index < -0.39 is 41.1 Å². The van der Waals surface area contributed by atoms with Gasteiger partial charge in [0, 0.05) is 18.7 Å². The van der Waals surface area contributed by atoms with Crippen molar-refractivity contribution in [3.05, 3.63) is 77.4 Å². The van der Waals surface area contributed by atoms with Crippen LogP contribution >= 0.6 is 0 Å². The van der Waals surface area contributed by atoms with Crippen LogP contribution in [-0.2, 0) is 4.79 Å². The van der Waals surface area contributed by atoms with E-state index in [9.17, 15) is 23.2 Å². The first-order valence-corrected chi connectivity index (χ1v) is 11.8. The number of carboxylic acid groups (broad SMARTS) is 1. The Labute approximate surface area is 206 Å². The third-order valence-electron chi connectivity index (χ3n) is 6.32. The van der Waals surface area contributed by atoms with Crippen LogP contribution in [0.5, 0.6) is 5.75 Å². The number of carbonyl (C=O) groups is 3. The maximum Gasteiger partial charge on any atom is 0.306 e. The predicted molar refractivity (Wildman–Crippen MR) is 129 cm³/mol. The maximum atomic E-state index is 14.6. The lowest BCUT2D eigenvalue weighted by atomic mass is 9.87. The quantitative estimate of drug-likeness (QED) is 0.404. The molecule has 1 aliphatic rings. The Morgan fingerprint density at radius 3 is 2.19 bits per heavy atom. The zero-order valence-corrected chi connectivity index (χ0v) is 19.4. The van der Waals surface area contributed by atoms with Crippen LogP contribution < -0.4 is 15.4 Å². The topological polar surface area (TPSA) is 105 Å². The number of hydrogen-bond donors (Lipinski definition) is 3. The van der Waals surface area contributed by atoms with E-state index in [1.807, 2.05) is 30.3 Å². The highest BCUT2D eigenvalue weighted by atomic mass is 19.2. The van der Waals surface area contributed by atoms with Crippen LogP contribution in [0.25, 0.3) is 10.8 Å². The molecule has 3 aromatic carbocycles. The number of amides is 2. The van der Waals surface area contributed by atoms with Gasteiger partial charge in [0.2, 0.25) is 5.82 Å². The van der Waals surface area contributed by atoms with Crippen LogP contribution in [0.3, 0.4) is 0 Å². The Hall–Kier alpha value is -4.01. The molecule has 0 atom stereocenters. The van der Waals surface area contributed by atoms with E-state index in [4.69, 9.17) is 9.84 Å². The standard InChI is InChI=1S/C27H26F2N2O5/c28-23-21(11-12-22(24(23)29)36-20-9-7-17(8-10-20)27(34)35)26(33)31-14-13-30-25(32)19-6-5-16-3-1-2-4-18(16)15-19/h1-6,11-12,15,17,20H,7-10,13-14H2,(H,30,32)(H,31,33)(H,34,35)/t17-,20+. The van der Waals surface area contributed by atoms with Crippen LogP contribution in [-0.4, -0.2) is 42.1 Å². The summed E-state index contributed by atoms with van der Waals surface area (Å²) in [6, 6.07) is 15.3. The summed E-state index contributed by atoms with van der Waals surface area (Å²) in [5, 5.41) is 16.1.